The quantitative estimate of drug-likeness (QED) is 0.370. The molecule has 3 nitrogen and oxygen atoms in total. The van der Waals surface area contributed by atoms with Crippen LogP contribution < -0.4 is 0 Å². The number of nitrogens with zero attached hydrogens (tertiary/aromatic N) is 1. The average Bonchev–Trinajstić information content (AvgIpc) is 2.92. The van der Waals surface area contributed by atoms with E-state index in [4.69, 9.17) is 11.6 Å². The normalized spacial score (nSPS) is 12.4. The highest BCUT2D eigenvalue weighted by molar-refractivity contribution is 7.17. The van der Waals surface area contributed by atoms with Crippen LogP contribution in [0.1, 0.15) is 16.5 Å². The van der Waals surface area contributed by atoms with Crippen molar-refractivity contribution in [1.82, 2.24) is 0 Å². The molecule has 21 heavy (non-hydrogen) atoms. The third-order valence-corrected chi connectivity index (χ3v) is 4.78. The van der Waals surface area contributed by atoms with Crippen molar-refractivity contribution in [3.8, 4) is 0 Å². The zero-order valence-electron chi connectivity index (χ0n) is 11.0. The SMILES string of the molecule is O=[N+]([O-])c1ccc(CC(Cl)c2csc3ccccc23)cc1. The van der Waals surface area contributed by atoms with Crippen molar-refractivity contribution in [1.29, 1.82) is 0 Å². The summed E-state index contributed by atoms with van der Waals surface area (Å²) in [7, 11) is 0. The largest absolute Gasteiger partial charge is 0.269 e. The lowest BCUT2D eigenvalue weighted by molar-refractivity contribution is -0.384. The van der Waals surface area contributed by atoms with Crippen molar-refractivity contribution < 1.29 is 4.92 Å². The molecule has 0 fully saturated rings. The predicted molar refractivity (Wildman–Crippen MR) is 87.2 cm³/mol. The molecule has 1 unspecified atom stereocenters. The lowest BCUT2D eigenvalue weighted by Crippen LogP contribution is -1.95. The van der Waals surface area contributed by atoms with Gasteiger partial charge < -0.3 is 0 Å². The number of nitro benzene ring substituents is 1. The van der Waals surface area contributed by atoms with Crippen LogP contribution in [-0.4, -0.2) is 4.92 Å². The molecule has 0 aliphatic rings. The number of hydrogen-bond donors (Lipinski definition) is 0. The Balaban J connectivity index is 1.82. The Kier molecular flexibility index (Phi) is 3.90. The highest BCUT2D eigenvalue weighted by atomic mass is 35.5. The van der Waals surface area contributed by atoms with E-state index in [0.717, 1.165) is 11.1 Å². The molecule has 0 aliphatic heterocycles. The van der Waals surface area contributed by atoms with Gasteiger partial charge in [0.1, 0.15) is 0 Å². The lowest BCUT2D eigenvalue weighted by atomic mass is 10.0. The van der Waals surface area contributed by atoms with Gasteiger partial charge in [0, 0.05) is 16.8 Å². The van der Waals surface area contributed by atoms with Gasteiger partial charge in [-0.15, -0.1) is 22.9 Å². The molecule has 0 saturated heterocycles. The van der Waals surface area contributed by atoms with E-state index in [1.165, 1.54) is 22.2 Å². The summed E-state index contributed by atoms with van der Waals surface area (Å²) in [4.78, 5) is 10.3. The Morgan fingerprint density at radius 2 is 1.86 bits per heavy atom. The number of rotatable bonds is 4. The summed E-state index contributed by atoms with van der Waals surface area (Å²) in [6, 6.07) is 14.8. The van der Waals surface area contributed by atoms with Gasteiger partial charge in [-0.1, -0.05) is 30.3 Å². The molecule has 106 valence electrons. The van der Waals surface area contributed by atoms with Crippen molar-refractivity contribution in [3.05, 3.63) is 75.2 Å². The summed E-state index contributed by atoms with van der Waals surface area (Å²) in [6.07, 6.45) is 0.653. The first-order valence-electron chi connectivity index (χ1n) is 6.48. The number of non-ortho nitro benzene ring substituents is 1. The standard InChI is InChI=1S/C16H12ClNO2S/c17-15(9-11-5-7-12(8-6-11)18(19)20)14-10-21-16-4-2-1-3-13(14)16/h1-8,10,15H,9H2. The van der Waals surface area contributed by atoms with E-state index < -0.39 is 4.92 Å². The molecule has 3 rings (SSSR count). The van der Waals surface area contributed by atoms with Gasteiger partial charge in [-0.3, -0.25) is 10.1 Å². The minimum atomic E-state index is -0.395. The molecule has 0 spiro atoms. The van der Waals surface area contributed by atoms with Crippen LogP contribution >= 0.6 is 22.9 Å². The van der Waals surface area contributed by atoms with E-state index in [0.29, 0.717) is 6.42 Å². The molecular weight excluding hydrogens is 306 g/mol. The molecule has 0 saturated carbocycles. The number of benzene rings is 2. The zero-order valence-corrected chi connectivity index (χ0v) is 12.6. The van der Waals surface area contributed by atoms with Crippen molar-refractivity contribution >= 4 is 38.7 Å². The second-order valence-corrected chi connectivity index (χ2v) is 6.22. The van der Waals surface area contributed by atoms with Crippen LogP contribution in [-0.2, 0) is 6.42 Å². The fourth-order valence-electron chi connectivity index (χ4n) is 2.31. The molecule has 0 aliphatic carbocycles. The van der Waals surface area contributed by atoms with Gasteiger partial charge >= 0.3 is 0 Å². The second kappa shape index (κ2) is 5.84. The Morgan fingerprint density at radius 3 is 2.57 bits per heavy atom. The van der Waals surface area contributed by atoms with Gasteiger partial charge in [-0.25, -0.2) is 0 Å². The number of thiophene rings is 1. The Morgan fingerprint density at radius 1 is 1.14 bits per heavy atom. The molecule has 1 heterocycles. The summed E-state index contributed by atoms with van der Waals surface area (Å²) in [5.41, 5.74) is 2.22. The first-order chi connectivity index (χ1) is 10.1. The van der Waals surface area contributed by atoms with E-state index in [9.17, 15) is 10.1 Å². The number of nitro groups is 1. The maximum Gasteiger partial charge on any atom is 0.269 e. The van der Waals surface area contributed by atoms with E-state index in [2.05, 4.69) is 17.5 Å². The van der Waals surface area contributed by atoms with E-state index in [1.807, 2.05) is 12.1 Å². The summed E-state index contributed by atoms with van der Waals surface area (Å²) in [5.74, 6) is 0. The molecule has 1 aromatic heterocycles. The molecule has 0 N–H and O–H groups in total. The Hall–Kier alpha value is -1.91. The van der Waals surface area contributed by atoms with Crippen molar-refractivity contribution in [2.45, 2.75) is 11.8 Å². The molecule has 0 bridgehead atoms. The maximum absolute atomic E-state index is 10.6. The van der Waals surface area contributed by atoms with Gasteiger partial charge in [0.25, 0.3) is 5.69 Å². The lowest BCUT2D eigenvalue weighted by Gasteiger charge is -2.09. The summed E-state index contributed by atoms with van der Waals surface area (Å²) < 4.78 is 1.22. The third-order valence-electron chi connectivity index (χ3n) is 3.41. The Bertz CT molecular complexity index is 782. The number of hydrogen-bond acceptors (Lipinski definition) is 3. The molecule has 1 atom stereocenters. The van der Waals surface area contributed by atoms with Gasteiger partial charge in [0.05, 0.1) is 10.3 Å². The van der Waals surface area contributed by atoms with Crippen molar-refractivity contribution in [2.75, 3.05) is 0 Å². The van der Waals surface area contributed by atoms with Crippen molar-refractivity contribution in [2.24, 2.45) is 0 Å². The predicted octanol–water partition coefficient (Wildman–Crippen LogP) is 5.33. The fraction of sp³-hybridized carbons (Fsp3) is 0.125. The molecule has 5 heteroatoms. The van der Waals surface area contributed by atoms with Gasteiger partial charge in [0.2, 0.25) is 0 Å². The first kappa shape index (κ1) is 14.0. The molecule has 0 amide bonds. The number of fused-ring (bicyclic) bond motifs is 1. The summed E-state index contributed by atoms with van der Waals surface area (Å²) >= 11 is 8.22. The summed E-state index contributed by atoms with van der Waals surface area (Å²) in [5, 5.41) is 13.8. The van der Waals surface area contributed by atoms with Crippen LogP contribution in [0.15, 0.2) is 53.9 Å². The fourth-order valence-corrected chi connectivity index (χ4v) is 3.76. The number of alkyl halides is 1. The second-order valence-electron chi connectivity index (χ2n) is 4.78. The molecule has 3 aromatic rings. The maximum atomic E-state index is 10.6. The smallest absolute Gasteiger partial charge is 0.258 e. The monoisotopic (exact) mass is 317 g/mol. The van der Waals surface area contributed by atoms with E-state index in [-0.39, 0.29) is 11.1 Å². The van der Waals surface area contributed by atoms with E-state index >= 15 is 0 Å². The minimum absolute atomic E-state index is 0.103. The van der Waals surface area contributed by atoms with Crippen LogP contribution in [0.2, 0.25) is 0 Å². The van der Waals surface area contributed by atoms with Crippen LogP contribution in [0.5, 0.6) is 0 Å². The average molecular weight is 318 g/mol. The number of halogens is 1. The topological polar surface area (TPSA) is 43.1 Å². The zero-order chi connectivity index (χ0) is 14.8. The molecule has 0 radical (unpaired) electrons. The highest BCUT2D eigenvalue weighted by Gasteiger charge is 2.14. The van der Waals surface area contributed by atoms with Crippen LogP contribution in [0.4, 0.5) is 5.69 Å². The van der Waals surface area contributed by atoms with Crippen LogP contribution in [0.3, 0.4) is 0 Å². The van der Waals surface area contributed by atoms with Crippen LogP contribution in [0.25, 0.3) is 10.1 Å². The van der Waals surface area contributed by atoms with Crippen molar-refractivity contribution in [3.63, 3.8) is 0 Å². The first-order valence-corrected chi connectivity index (χ1v) is 7.80. The third kappa shape index (κ3) is 2.91. The summed E-state index contributed by atoms with van der Waals surface area (Å²) in [6.45, 7) is 0. The van der Waals surface area contributed by atoms with Gasteiger partial charge in [-0.05, 0) is 34.4 Å². The Labute approximate surface area is 130 Å². The molecular formula is C16H12ClNO2S. The highest BCUT2D eigenvalue weighted by Crippen LogP contribution is 2.35. The van der Waals surface area contributed by atoms with Crippen LogP contribution in [0, 0.1) is 10.1 Å². The van der Waals surface area contributed by atoms with E-state index in [1.54, 1.807) is 23.5 Å². The molecule has 2 aromatic carbocycles. The minimum Gasteiger partial charge on any atom is -0.258 e. The van der Waals surface area contributed by atoms with Gasteiger partial charge in [0.15, 0.2) is 0 Å². The van der Waals surface area contributed by atoms with Gasteiger partial charge in [-0.2, -0.15) is 0 Å².